The predicted octanol–water partition coefficient (Wildman–Crippen LogP) is 0.341. The molecule has 0 radical (unpaired) electrons. The van der Waals surface area contributed by atoms with E-state index in [4.69, 9.17) is 10.5 Å². The molecule has 0 saturated carbocycles. The second-order valence-electron chi connectivity index (χ2n) is 5.09. The first-order chi connectivity index (χ1) is 8.65. The number of ether oxygens (including phenoxy) is 1. The minimum Gasteiger partial charge on any atom is -0.383 e. The second-order valence-corrected chi connectivity index (χ2v) is 5.09. The summed E-state index contributed by atoms with van der Waals surface area (Å²) in [6.07, 6.45) is 4.93. The van der Waals surface area contributed by atoms with E-state index in [0.717, 1.165) is 13.0 Å². The summed E-state index contributed by atoms with van der Waals surface area (Å²) in [5, 5.41) is 2.85. The van der Waals surface area contributed by atoms with E-state index in [2.05, 4.69) is 17.1 Å². The Kier molecular flexibility index (Phi) is 7.23. The highest BCUT2D eigenvalue weighted by Crippen LogP contribution is 2.15. The topological polar surface area (TPSA) is 67.6 Å². The maximum atomic E-state index is 11.5. The molecule has 0 spiro atoms. The molecule has 1 aliphatic rings. The third-order valence-corrected chi connectivity index (χ3v) is 3.54. The average Bonchev–Trinajstić information content (AvgIpc) is 2.36. The van der Waals surface area contributed by atoms with Gasteiger partial charge in [-0.3, -0.25) is 4.79 Å². The van der Waals surface area contributed by atoms with E-state index < -0.39 is 6.04 Å². The smallest absolute Gasteiger partial charge is 0.239 e. The van der Waals surface area contributed by atoms with Crippen molar-refractivity contribution in [3.63, 3.8) is 0 Å². The summed E-state index contributed by atoms with van der Waals surface area (Å²) >= 11 is 0. The molecule has 2 unspecified atom stereocenters. The molecular formula is C13H27N3O2. The molecule has 0 aromatic carbocycles. The number of piperidine rings is 1. The molecule has 1 aliphatic heterocycles. The molecule has 106 valence electrons. The van der Waals surface area contributed by atoms with Crippen LogP contribution in [0, 0.1) is 0 Å². The summed E-state index contributed by atoms with van der Waals surface area (Å²) in [4.78, 5) is 14.0. The van der Waals surface area contributed by atoms with Gasteiger partial charge in [-0.2, -0.15) is 0 Å². The van der Waals surface area contributed by atoms with E-state index >= 15 is 0 Å². The van der Waals surface area contributed by atoms with Crippen LogP contribution in [-0.2, 0) is 9.53 Å². The SMILES string of the molecule is COCC(N)C(=O)NCCCN1CCCCC1C. The van der Waals surface area contributed by atoms with Gasteiger partial charge in [-0.15, -0.1) is 0 Å². The van der Waals surface area contributed by atoms with E-state index in [1.807, 2.05) is 0 Å². The molecule has 2 atom stereocenters. The van der Waals surface area contributed by atoms with Crippen LogP contribution in [0.15, 0.2) is 0 Å². The Morgan fingerprint density at radius 3 is 3.00 bits per heavy atom. The molecular weight excluding hydrogens is 230 g/mol. The van der Waals surface area contributed by atoms with Crippen molar-refractivity contribution in [1.82, 2.24) is 10.2 Å². The number of nitrogens with zero attached hydrogens (tertiary/aromatic N) is 1. The highest BCUT2D eigenvalue weighted by Gasteiger charge is 2.17. The summed E-state index contributed by atoms with van der Waals surface area (Å²) in [6.45, 7) is 5.50. The van der Waals surface area contributed by atoms with Crippen LogP contribution in [0.4, 0.5) is 0 Å². The lowest BCUT2D eigenvalue weighted by Crippen LogP contribution is -2.44. The lowest BCUT2D eigenvalue weighted by atomic mass is 10.0. The quantitative estimate of drug-likeness (QED) is 0.645. The minimum absolute atomic E-state index is 0.122. The number of hydrogen-bond donors (Lipinski definition) is 2. The lowest BCUT2D eigenvalue weighted by Gasteiger charge is -2.33. The number of hydrogen-bond acceptors (Lipinski definition) is 4. The Labute approximate surface area is 110 Å². The summed E-state index contributed by atoms with van der Waals surface area (Å²) in [5.41, 5.74) is 5.63. The number of rotatable bonds is 7. The van der Waals surface area contributed by atoms with Gasteiger partial charge in [0.2, 0.25) is 5.91 Å². The number of carbonyl (C=O) groups excluding carboxylic acids is 1. The van der Waals surface area contributed by atoms with Crippen LogP contribution in [0.2, 0.25) is 0 Å². The molecule has 1 heterocycles. The fourth-order valence-corrected chi connectivity index (χ4v) is 2.37. The van der Waals surface area contributed by atoms with Crippen LogP contribution < -0.4 is 11.1 Å². The van der Waals surface area contributed by atoms with Gasteiger partial charge in [-0.1, -0.05) is 6.42 Å². The highest BCUT2D eigenvalue weighted by atomic mass is 16.5. The normalized spacial score (nSPS) is 22.7. The first-order valence-electron chi connectivity index (χ1n) is 6.91. The molecule has 0 aromatic heterocycles. The van der Waals surface area contributed by atoms with Crippen molar-refractivity contribution < 1.29 is 9.53 Å². The van der Waals surface area contributed by atoms with E-state index in [1.54, 1.807) is 7.11 Å². The second kappa shape index (κ2) is 8.45. The van der Waals surface area contributed by atoms with Crippen LogP contribution >= 0.6 is 0 Å². The number of likely N-dealkylation sites (tertiary alicyclic amines) is 1. The average molecular weight is 257 g/mol. The first-order valence-corrected chi connectivity index (χ1v) is 6.91. The molecule has 5 heteroatoms. The van der Waals surface area contributed by atoms with Crippen LogP contribution in [0.3, 0.4) is 0 Å². The Hall–Kier alpha value is -0.650. The van der Waals surface area contributed by atoms with Crippen molar-refractivity contribution in [2.45, 2.75) is 44.7 Å². The molecule has 3 N–H and O–H groups in total. The van der Waals surface area contributed by atoms with Gasteiger partial charge in [0.25, 0.3) is 0 Å². The minimum atomic E-state index is -0.552. The third-order valence-electron chi connectivity index (χ3n) is 3.54. The van der Waals surface area contributed by atoms with E-state index in [9.17, 15) is 4.79 Å². The monoisotopic (exact) mass is 257 g/mol. The number of methoxy groups -OCH3 is 1. The Bertz CT molecular complexity index is 248. The maximum Gasteiger partial charge on any atom is 0.239 e. The molecule has 0 aromatic rings. The number of nitrogens with two attached hydrogens (primary N) is 1. The highest BCUT2D eigenvalue weighted by molar-refractivity contribution is 5.81. The Morgan fingerprint density at radius 2 is 2.33 bits per heavy atom. The van der Waals surface area contributed by atoms with Crippen molar-refractivity contribution in [2.75, 3.05) is 33.4 Å². The van der Waals surface area contributed by atoms with Crippen molar-refractivity contribution >= 4 is 5.91 Å². The van der Waals surface area contributed by atoms with Crippen LogP contribution in [0.5, 0.6) is 0 Å². The summed E-state index contributed by atoms with van der Waals surface area (Å²) in [5.74, 6) is -0.122. The largest absolute Gasteiger partial charge is 0.383 e. The Balaban J connectivity index is 2.08. The number of nitrogens with one attached hydrogen (secondary N) is 1. The summed E-state index contributed by atoms with van der Waals surface area (Å²) < 4.78 is 4.85. The van der Waals surface area contributed by atoms with Gasteiger partial charge >= 0.3 is 0 Å². The van der Waals surface area contributed by atoms with Crippen LogP contribution in [0.1, 0.15) is 32.6 Å². The summed E-state index contributed by atoms with van der Waals surface area (Å²) in [7, 11) is 1.55. The number of amides is 1. The molecule has 5 nitrogen and oxygen atoms in total. The van der Waals surface area contributed by atoms with Gasteiger partial charge in [-0.05, 0) is 32.7 Å². The zero-order valence-electron chi connectivity index (χ0n) is 11.7. The van der Waals surface area contributed by atoms with E-state index in [0.29, 0.717) is 12.6 Å². The number of carbonyl (C=O) groups is 1. The molecule has 0 bridgehead atoms. The van der Waals surface area contributed by atoms with E-state index in [-0.39, 0.29) is 12.5 Å². The standard InChI is InChI=1S/C13H27N3O2/c1-11-6-3-4-8-16(11)9-5-7-15-13(17)12(14)10-18-2/h11-12H,3-10,14H2,1-2H3,(H,15,17). The predicted molar refractivity (Wildman–Crippen MR) is 72.4 cm³/mol. The first kappa shape index (κ1) is 15.4. The van der Waals surface area contributed by atoms with Gasteiger partial charge in [0.1, 0.15) is 6.04 Å². The molecule has 1 amide bonds. The molecule has 1 saturated heterocycles. The van der Waals surface area contributed by atoms with Crippen molar-refractivity contribution in [3.05, 3.63) is 0 Å². The molecule has 18 heavy (non-hydrogen) atoms. The fourth-order valence-electron chi connectivity index (χ4n) is 2.37. The zero-order chi connectivity index (χ0) is 13.4. The maximum absolute atomic E-state index is 11.5. The molecule has 0 aliphatic carbocycles. The van der Waals surface area contributed by atoms with Crippen LogP contribution in [-0.4, -0.2) is 56.2 Å². The summed E-state index contributed by atoms with van der Waals surface area (Å²) in [6, 6.07) is 0.133. The molecule has 1 rings (SSSR count). The molecule has 1 fully saturated rings. The van der Waals surface area contributed by atoms with Crippen molar-refractivity contribution in [2.24, 2.45) is 5.73 Å². The Morgan fingerprint density at radius 1 is 1.56 bits per heavy atom. The van der Waals surface area contributed by atoms with Crippen molar-refractivity contribution in [1.29, 1.82) is 0 Å². The third kappa shape index (κ3) is 5.33. The lowest BCUT2D eigenvalue weighted by molar-refractivity contribution is -0.123. The fraction of sp³-hybridized carbons (Fsp3) is 0.923. The van der Waals surface area contributed by atoms with Gasteiger partial charge in [0.05, 0.1) is 6.61 Å². The van der Waals surface area contributed by atoms with Gasteiger partial charge < -0.3 is 20.7 Å². The van der Waals surface area contributed by atoms with Crippen molar-refractivity contribution in [3.8, 4) is 0 Å². The van der Waals surface area contributed by atoms with Crippen LogP contribution in [0.25, 0.3) is 0 Å². The van der Waals surface area contributed by atoms with Gasteiger partial charge in [0, 0.05) is 26.2 Å². The van der Waals surface area contributed by atoms with Gasteiger partial charge in [-0.25, -0.2) is 0 Å². The van der Waals surface area contributed by atoms with Gasteiger partial charge in [0.15, 0.2) is 0 Å². The van der Waals surface area contributed by atoms with E-state index in [1.165, 1.54) is 25.8 Å². The zero-order valence-corrected chi connectivity index (χ0v) is 11.7.